The Hall–Kier alpha value is -0.140. The molecule has 1 N–H and O–H groups in total. The van der Waals surface area contributed by atoms with E-state index < -0.39 is 0 Å². The molecule has 0 aliphatic carbocycles. The zero-order valence-corrected chi connectivity index (χ0v) is 15.4. The highest BCUT2D eigenvalue weighted by Gasteiger charge is 2.18. The van der Waals surface area contributed by atoms with Crippen LogP contribution in [0.5, 0.6) is 0 Å². The predicted octanol–water partition coefficient (Wildman–Crippen LogP) is 3.37. The minimum atomic E-state index is -0.0156. The van der Waals surface area contributed by atoms with Gasteiger partial charge in [-0.3, -0.25) is 4.79 Å². The average Bonchev–Trinajstić information content (AvgIpc) is 2.31. The van der Waals surface area contributed by atoms with Gasteiger partial charge in [0.1, 0.15) is 0 Å². The highest BCUT2D eigenvalue weighted by Crippen LogP contribution is 2.18. The van der Waals surface area contributed by atoms with E-state index in [1.165, 1.54) is 0 Å². The maximum absolute atomic E-state index is 12.2. The van der Waals surface area contributed by atoms with Gasteiger partial charge in [0.2, 0.25) is 0 Å². The number of halogens is 2. The molecule has 0 bridgehead atoms. The number of hydrogen-bond donors (Lipinski definition) is 1. The van der Waals surface area contributed by atoms with Crippen LogP contribution in [0.4, 0.5) is 0 Å². The van der Waals surface area contributed by atoms with E-state index in [0.29, 0.717) is 18.5 Å². The predicted molar refractivity (Wildman–Crippen MR) is 91.5 cm³/mol. The van der Waals surface area contributed by atoms with Gasteiger partial charge in [0.25, 0.3) is 5.91 Å². The molecule has 1 rings (SSSR count). The van der Waals surface area contributed by atoms with Crippen LogP contribution in [0.3, 0.4) is 0 Å². The van der Waals surface area contributed by atoms with Crippen molar-refractivity contribution in [2.45, 2.75) is 19.9 Å². The molecular formula is C14H20BrIN2O. The summed E-state index contributed by atoms with van der Waals surface area (Å²) in [5, 5.41) is 3.02. The molecule has 0 saturated carbocycles. The lowest BCUT2D eigenvalue weighted by molar-refractivity contribution is 0.0933. The Morgan fingerprint density at radius 3 is 2.58 bits per heavy atom. The molecule has 0 aliphatic heterocycles. The zero-order chi connectivity index (χ0) is 14.6. The Balaban J connectivity index is 2.72. The fourth-order valence-electron chi connectivity index (χ4n) is 1.98. The summed E-state index contributed by atoms with van der Waals surface area (Å²) in [6, 6.07) is 6.08. The Morgan fingerprint density at radius 2 is 2.05 bits per heavy atom. The molecule has 0 radical (unpaired) electrons. The second kappa shape index (κ2) is 7.59. The Bertz CT molecular complexity index is 441. The van der Waals surface area contributed by atoms with E-state index in [9.17, 15) is 4.79 Å². The van der Waals surface area contributed by atoms with Gasteiger partial charge in [-0.05, 0) is 60.8 Å². The van der Waals surface area contributed by atoms with Gasteiger partial charge in [0.15, 0.2) is 0 Å². The van der Waals surface area contributed by atoms with Crippen LogP contribution >= 0.6 is 38.5 Å². The zero-order valence-electron chi connectivity index (χ0n) is 11.7. The number of rotatable bonds is 5. The maximum atomic E-state index is 12.2. The van der Waals surface area contributed by atoms with Crippen molar-refractivity contribution in [2.24, 2.45) is 5.92 Å². The summed E-state index contributed by atoms with van der Waals surface area (Å²) < 4.78 is 1.88. The van der Waals surface area contributed by atoms with E-state index in [4.69, 9.17) is 0 Å². The summed E-state index contributed by atoms with van der Waals surface area (Å²) in [5.74, 6) is 0.482. The molecule has 1 amide bonds. The van der Waals surface area contributed by atoms with Crippen molar-refractivity contribution in [1.29, 1.82) is 0 Å². The lowest BCUT2D eigenvalue weighted by Crippen LogP contribution is -2.43. The van der Waals surface area contributed by atoms with Gasteiger partial charge in [0, 0.05) is 20.6 Å². The van der Waals surface area contributed by atoms with Gasteiger partial charge in [-0.15, -0.1) is 0 Å². The summed E-state index contributed by atoms with van der Waals surface area (Å²) in [7, 11) is 4.08. The van der Waals surface area contributed by atoms with Gasteiger partial charge in [-0.2, -0.15) is 0 Å². The SMILES string of the molecule is CC(C)C(CNC(=O)c1cc(Br)ccc1I)N(C)C. The minimum Gasteiger partial charge on any atom is -0.350 e. The van der Waals surface area contributed by atoms with Crippen molar-refractivity contribution in [1.82, 2.24) is 10.2 Å². The largest absolute Gasteiger partial charge is 0.350 e. The van der Waals surface area contributed by atoms with Crippen molar-refractivity contribution < 1.29 is 4.79 Å². The first-order valence-corrected chi connectivity index (χ1v) is 8.09. The topological polar surface area (TPSA) is 32.3 Å². The highest BCUT2D eigenvalue weighted by atomic mass is 127. The quantitative estimate of drug-likeness (QED) is 0.715. The molecule has 1 unspecified atom stereocenters. The summed E-state index contributed by atoms with van der Waals surface area (Å²) in [5.41, 5.74) is 0.719. The molecule has 106 valence electrons. The smallest absolute Gasteiger partial charge is 0.252 e. The molecule has 0 aliphatic rings. The lowest BCUT2D eigenvalue weighted by atomic mass is 10.0. The second-order valence-electron chi connectivity index (χ2n) is 5.11. The van der Waals surface area contributed by atoms with Crippen LogP contribution in [0.15, 0.2) is 22.7 Å². The molecular weight excluding hydrogens is 419 g/mol. The number of hydrogen-bond acceptors (Lipinski definition) is 2. The normalized spacial score (nSPS) is 12.8. The van der Waals surface area contributed by atoms with Gasteiger partial charge in [0.05, 0.1) is 5.56 Å². The molecule has 5 heteroatoms. The van der Waals surface area contributed by atoms with E-state index in [2.05, 4.69) is 62.6 Å². The summed E-state index contributed by atoms with van der Waals surface area (Å²) >= 11 is 5.58. The third kappa shape index (κ3) is 5.04. The standard InChI is InChI=1S/C14H20BrIN2O/c1-9(2)13(18(3)4)8-17-14(19)11-7-10(15)5-6-12(11)16/h5-7,9,13H,8H2,1-4H3,(H,17,19). The van der Waals surface area contributed by atoms with E-state index >= 15 is 0 Å². The molecule has 1 atom stereocenters. The monoisotopic (exact) mass is 438 g/mol. The van der Waals surface area contributed by atoms with Crippen molar-refractivity contribution >= 4 is 44.4 Å². The molecule has 0 heterocycles. The van der Waals surface area contributed by atoms with Crippen LogP contribution in [-0.2, 0) is 0 Å². The lowest BCUT2D eigenvalue weighted by Gasteiger charge is -2.28. The number of amides is 1. The van der Waals surface area contributed by atoms with Gasteiger partial charge in [-0.1, -0.05) is 29.8 Å². The maximum Gasteiger partial charge on any atom is 0.252 e. The first kappa shape index (κ1) is 16.9. The van der Waals surface area contributed by atoms with Crippen molar-refractivity contribution in [3.63, 3.8) is 0 Å². The highest BCUT2D eigenvalue weighted by molar-refractivity contribution is 14.1. The molecule has 3 nitrogen and oxygen atoms in total. The minimum absolute atomic E-state index is 0.0156. The van der Waals surface area contributed by atoms with Crippen molar-refractivity contribution in [3.8, 4) is 0 Å². The fraction of sp³-hybridized carbons (Fsp3) is 0.500. The third-order valence-corrected chi connectivity index (χ3v) is 4.51. The van der Waals surface area contributed by atoms with Crippen LogP contribution in [0.1, 0.15) is 24.2 Å². The Morgan fingerprint density at radius 1 is 1.42 bits per heavy atom. The van der Waals surface area contributed by atoms with Crippen LogP contribution in [0.25, 0.3) is 0 Å². The van der Waals surface area contributed by atoms with Crippen LogP contribution in [0.2, 0.25) is 0 Å². The van der Waals surface area contributed by atoms with Crippen molar-refractivity contribution in [3.05, 3.63) is 31.8 Å². The number of nitrogens with one attached hydrogen (secondary N) is 1. The Kier molecular flexibility index (Phi) is 6.76. The fourth-order valence-corrected chi connectivity index (χ4v) is 2.92. The molecule has 0 aromatic heterocycles. The number of benzene rings is 1. The van der Waals surface area contributed by atoms with Gasteiger partial charge < -0.3 is 10.2 Å². The number of carbonyl (C=O) groups is 1. The van der Waals surface area contributed by atoms with Gasteiger partial charge >= 0.3 is 0 Å². The van der Waals surface area contributed by atoms with E-state index in [1.807, 2.05) is 32.3 Å². The number of likely N-dealkylation sites (N-methyl/N-ethyl adjacent to an activating group) is 1. The number of carbonyl (C=O) groups excluding carboxylic acids is 1. The van der Waals surface area contributed by atoms with E-state index in [-0.39, 0.29) is 5.91 Å². The second-order valence-corrected chi connectivity index (χ2v) is 7.19. The van der Waals surface area contributed by atoms with E-state index in [1.54, 1.807) is 0 Å². The molecule has 0 spiro atoms. The van der Waals surface area contributed by atoms with E-state index in [0.717, 1.165) is 13.6 Å². The molecule has 19 heavy (non-hydrogen) atoms. The van der Waals surface area contributed by atoms with Crippen LogP contribution < -0.4 is 5.32 Å². The third-order valence-electron chi connectivity index (χ3n) is 3.08. The summed E-state index contributed by atoms with van der Waals surface area (Å²) in [6.07, 6.45) is 0. The Labute approximate surface area is 137 Å². The molecule has 1 aromatic carbocycles. The van der Waals surface area contributed by atoms with Crippen molar-refractivity contribution in [2.75, 3.05) is 20.6 Å². The van der Waals surface area contributed by atoms with Crippen LogP contribution in [-0.4, -0.2) is 37.5 Å². The molecule has 1 aromatic rings. The first-order chi connectivity index (χ1) is 8.82. The van der Waals surface area contributed by atoms with Crippen LogP contribution in [0, 0.1) is 9.49 Å². The van der Waals surface area contributed by atoms with Gasteiger partial charge in [-0.25, -0.2) is 0 Å². The summed E-state index contributed by atoms with van der Waals surface area (Å²) in [6.45, 7) is 4.99. The average molecular weight is 439 g/mol. The summed E-state index contributed by atoms with van der Waals surface area (Å²) in [4.78, 5) is 14.4. The number of nitrogens with zero attached hydrogens (tertiary/aromatic N) is 1. The first-order valence-electron chi connectivity index (χ1n) is 6.22. The molecule has 0 fully saturated rings. The molecule has 0 saturated heterocycles.